The topological polar surface area (TPSA) is 645 Å². The van der Waals surface area contributed by atoms with Crippen LogP contribution in [-0.2, 0) is 112 Å². The number of Topliss-reactive ketones (excluding diaryl/α,β-unsaturated/α-hetero) is 1. The summed E-state index contributed by atoms with van der Waals surface area (Å²) in [6.45, 7) is 1.04. The first-order chi connectivity index (χ1) is 65.1. The lowest BCUT2D eigenvalue weighted by Gasteiger charge is -2.38. The van der Waals surface area contributed by atoms with E-state index in [1.807, 2.05) is 13.8 Å². The third-order valence-electron chi connectivity index (χ3n) is 25.0. The Morgan fingerprint density at radius 1 is 0.537 bits per heavy atom. The van der Waals surface area contributed by atoms with Gasteiger partial charge in [0, 0.05) is 125 Å². The molecule has 0 saturated carbocycles. The number of piperidine rings is 1. The number of aliphatic carboxylic acids is 2. The monoisotopic (exact) mass is 1910 g/mol. The Labute approximate surface area is 788 Å². The Balaban J connectivity index is 1.02. The second kappa shape index (κ2) is 50.3. The van der Waals surface area contributed by atoms with Gasteiger partial charge in [0.05, 0.1) is 55.4 Å². The number of carbonyl (C=O) groups excluding carboxylic acids is 16. The summed E-state index contributed by atoms with van der Waals surface area (Å²) in [5.41, 5.74) is 14.2. The molecule has 0 spiro atoms. The Morgan fingerprint density at radius 2 is 1.09 bits per heavy atom. The lowest BCUT2D eigenvalue weighted by molar-refractivity contribution is -0.149. The van der Waals surface area contributed by atoms with Crippen LogP contribution in [0.25, 0.3) is 21.8 Å². The number of nitrogens with two attached hydrogens (primary N) is 2. The van der Waals surface area contributed by atoms with Gasteiger partial charge < -0.3 is 124 Å². The number of phenols is 1. The zero-order valence-electron chi connectivity index (χ0n) is 76.4. The number of aromatic nitrogens is 4. The molecule has 3 aromatic heterocycles. The number of phenolic OH excluding ortho intramolecular Hbond substituents is 1. The molecule has 4 fully saturated rings. The highest BCUT2D eigenvalue weighted by Gasteiger charge is 2.48. The molecule has 0 unspecified atom stereocenters. The van der Waals surface area contributed by atoms with E-state index in [9.17, 15) is 63.9 Å². The number of aromatic hydroxyl groups is 1. The molecule has 4 saturated heterocycles. The molecule has 136 heavy (non-hydrogen) atoms. The summed E-state index contributed by atoms with van der Waals surface area (Å²) in [6, 6.07) is -0.965. The third kappa shape index (κ3) is 28.4. The van der Waals surface area contributed by atoms with Crippen molar-refractivity contribution in [3.8, 4) is 5.75 Å². The Kier molecular flexibility index (Phi) is 38.7. The van der Waals surface area contributed by atoms with Crippen molar-refractivity contribution in [2.75, 3.05) is 64.9 Å². The van der Waals surface area contributed by atoms with Crippen LogP contribution in [0.1, 0.15) is 152 Å². The lowest BCUT2D eigenvalue weighted by atomic mass is 9.93. The van der Waals surface area contributed by atoms with Gasteiger partial charge in [-0.15, -0.1) is 11.8 Å². The number of imidazole rings is 1. The highest BCUT2D eigenvalue weighted by Crippen LogP contribution is 2.30. The molecule has 736 valence electrons. The summed E-state index contributed by atoms with van der Waals surface area (Å²) < 4.78 is 0. The van der Waals surface area contributed by atoms with Crippen LogP contribution < -0.4 is 59.3 Å². The van der Waals surface area contributed by atoms with Crippen LogP contribution >= 0.6 is 11.8 Å². The minimum Gasteiger partial charge on any atom is -0.508 e. The number of amides is 15. The molecule has 0 bridgehead atoms. The molecule has 10 rings (SSSR count). The fraction of sp³-hybridized carbons (Fsp3) is 0.533. The molecule has 4 aliphatic heterocycles. The van der Waals surface area contributed by atoms with Crippen LogP contribution in [0.15, 0.2) is 97.7 Å². The van der Waals surface area contributed by atoms with Crippen LogP contribution in [0.3, 0.4) is 0 Å². The van der Waals surface area contributed by atoms with Gasteiger partial charge >= 0.3 is 11.9 Å². The second-order valence-corrected chi connectivity index (χ2v) is 35.9. The molecule has 43 nitrogen and oxygen atoms in total. The summed E-state index contributed by atoms with van der Waals surface area (Å²) in [5, 5.41) is 78.4. The number of thioether (sulfide) groups is 1. The molecular formula is C92H124N20O23S. The van der Waals surface area contributed by atoms with Gasteiger partial charge in [-0.2, -0.15) is 0 Å². The molecule has 15 atom stereocenters. The fourth-order valence-electron chi connectivity index (χ4n) is 17.6. The minimum atomic E-state index is -1.92. The van der Waals surface area contributed by atoms with Gasteiger partial charge in [0.1, 0.15) is 78.3 Å². The number of aliphatic hydroxyl groups excluding tert-OH is 2. The fourth-order valence-corrected chi connectivity index (χ4v) is 18.5. The first-order valence-electron chi connectivity index (χ1n) is 45.9. The zero-order valence-corrected chi connectivity index (χ0v) is 77.3. The number of primary amides is 1. The molecule has 4 aliphatic rings. The SMILES string of the molecule is CCCC[C@H]1C(=O)N(C)[C@@H](CCCC)C(=O)N[C@@H](CCCN)C(=O)N[C@H](C(=O)NCC(N)=O)CSCC(=O)N[C@@H](Cc2ccc(O)cc2)C(=O)N2CCCC[C@H]2C(=O)N[C@@H](CC(=O)O)C(=O)N2CCC[C@H]2C(=O)N[C@@H](Cc2c[nH]cn2)C(=O)N[C@@H](CCC(=O)O)C(=O)N2C[C@H](O)C[C@H]2C(=O)N[C@@H](Cc2c[nH]c3ccccc23)C(=O)C[C@@H](CO)C(=O)N[C@@H](Cc2c[nH]c3ccccc23)C(=O)N1C. The second-order valence-electron chi connectivity index (χ2n) is 34.9. The Bertz CT molecular complexity index is 5270. The van der Waals surface area contributed by atoms with Gasteiger partial charge in [0.2, 0.25) is 88.6 Å². The number of fused-ring (bicyclic) bond motifs is 5. The maximum atomic E-state index is 15.7. The number of unbranched alkanes of at least 4 members (excludes halogenated alkanes) is 2. The standard InChI is InChI=1S/C92H124N20O23S/c1-5-7-22-70-84(127)101-62(21-15-32-93)82(125)107-69(81(124)98-45-76(94)117)48-136-49-77(118)100-66(35-51-26-28-56(114)29-27-51)90(133)110-33-14-13-24-71(110)86(129)106-68(41-79(121)122)91(134)111-34-16-25-72(111)85(128)104-65(39-55-44-95-50-99-55)83(126)102-63(30-31-78(119)120)89(132)112-46-57(115)40-74(112)87(130)103-64(36-52-42-96-60-19-11-9-17-58(52)60)75(116)38-54(47-113)80(123)105-67(37-53-43-97-61-20-12-10-18-59(53)61)88(131)109(4)73(23-8-6-2)92(135)108(70)3/h9-12,17-20,26-29,42-44,50,54,57,62-74,96-97,113-115H,5-8,13-16,21-25,30-41,45-49,93H2,1-4H3,(H2,94,117)(H,95,99)(H,98,124)(H,100,118)(H,101,127)(H,102,126)(H,103,130)(H,104,128)(H,105,123)(H,106,129)(H,107,125)(H,119,120)(H,121,122)/t54-,57+,62-,63-,64-,65-,66-,67-,68-,69-,70-,71-,72-,73-,74-/m0/s1. The number of rotatable bonds is 26. The number of likely N-dealkylation sites (N-methyl/N-ethyl adjacent to an activating group) is 2. The zero-order chi connectivity index (χ0) is 98.6. The number of carbonyl (C=O) groups is 18. The molecule has 0 aliphatic carbocycles. The van der Waals surface area contributed by atoms with Crippen molar-refractivity contribution in [1.82, 2.24) is 92.3 Å². The predicted molar refractivity (Wildman–Crippen MR) is 493 cm³/mol. The van der Waals surface area contributed by atoms with E-state index in [1.54, 1.807) is 60.9 Å². The molecule has 6 aromatic rings. The van der Waals surface area contributed by atoms with Crippen molar-refractivity contribution >= 4 is 140 Å². The number of hydrogen-bond acceptors (Lipinski definition) is 24. The van der Waals surface area contributed by atoms with Gasteiger partial charge in [-0.1, -0.05) is 88.1 Å². The summed E-state index contributed by atoms with van der Waals surface area (Å²) in [6.07, 6.45) is 1.54. The number of aliphatic hydroxyl groups is 2. The number of benzene rings is 3. The normalized spacial score (nSPS) is 25.2. The molecule has 44 heteroatoms. The van der Waals surface area contributed by atoms with E-state index in [0.29, 0.717) is 77.0 Å². The van der Waals surface area contributed by atoms with E-state index in [4.69, 9.17) is 11.5 Å². The lowest BCUT2D eigenvalue weighted by Crippen LogP contribution is -2.61. The van der Waals surface area contributed by atoms with Crippen LogP contribution in [0.2, 0.25) is 0 Å². The highest BCUT2D eigenvalue weighted by atomic mass is 32.2. The largest absolute Gasteiger partial charge is 0.508 e. The number of carboxylic acid groups (broad SMARTS) is 2. The highest BCUT2D eigenvalue weighted by molar-refractivity contribution is 8.00. The van der Waals surface area contributed by atoms with Crippen molar-refractivity contribution < 1.29 is 112 Å². The van der Waals surface area contributed by atoms with Crippen LogP contribution in [-0.4, -0.2) is 326 Å². The van der Waals surface area contributed by atoms with Gasteiger partial charge in [0.25, 0.3) is 0 Å². The maximum absolute atomic E-state index is 15.7. The predicted octanol–water partition coefficient (Wildman–Crippen LogP) is -1.41. The van der Waals surface area contributed by atoms with Crippen molar-refractivity contribution in [3.63, 3.8) is 0 Å². The van der Waals surface area contributed by atoms with Crippen molar-refractivity contribution in [2.24, 2.45) is 17.4 Å². The van der Waals surface area contributed by atoms with Crippen molar-refractivity contribution in [2.45, 2.75) is 240 Å². The van der Waals surface area contributed by atoms with E-state index in [1.165, 1.54) is 50.9 Å². The Hall–Kier alpha value is -13.4. The number of aromatic amines is 3. The molecular weight excluding hydrogens is 1790 g/mol. The number of carboxylic acids is 2. The van der Waals surface area contributed by atoms with E-state index in [0.717, 1.165) is 36.3 Å². The van der Waals surface area contributed by atoms with E-state index >= 15 is 47.9 Å². The first-order valence-corrected chi connectivity index (χ1v) is 47.1. The van der Waals surface area contributed by atoms with Crippen LogP contribution in [0.4, 0.5) is 0 Å². The summed E-state index contributed by atoms with van der Waals surface area (Å²) in [5.74, 6) is -21.0. The number of nitrogens with one attached hydrogen (secondary N) is 12. The van der Waals surface area contributed by atoms with E-state index < -0.39 is 267 Å². The molecule has 21 N–H and O–H groups in total. The van der Waals surface area contributed by atoms with Gasteiger partial charge in [0.15, 0.2) is 5.78 Å². The Morgan fingerprint density at radius 3 is 1.70 bits per heavy atom. The first kappa shape index (κ1) is 105. The summed E-state index contributed by atoms with van der Waals surface area (Å²) in [7, 11) is 2.70. The van der Waals surface area contributed by atoms with Crippen molar-refractivity contribution in [1.29, 1.82) is 0 Å². The van der Waals surface area contributed by atoms with Gasteiger partial charge in [-0.05, 0) is 112 Å². The summed E-state index contributed by atoms with van der Waals surface area (Å²) in [4.78, 5) is 282. The third-order valence-corrected chi connectivity index (χ3v) is 26.0. The average molecular weight is 1910 g/mol. The maximum Gasteiger partial charge on any atom is 0.305 e. The number of nitrogens with zero attached hydrogens (tertiary/aromatic N) is 6. The quantitative estimate of drug-likeness (QED) is 0.0297. The molecule has 0 radical (unpaired) electrons. The van der Waals surface area contributed by atoms with E-state index in [2.05, 4.69) is 67.8 Å². The molecule has 7 heterocycles. The number of hydrogen-bond donors (Lipinski definition) is 19. The number of para-hydroxylation sites is 2. The molecule has 15 amide bonds. The van der Waals surface area contributed by atoms with Gasteiger partial charge in [-0.3, -0.25) is 86.3 Å². The van der Waals surface area contributed by atoms with E-state index in [-0.39, 0.29) is 95.3 Å². The molecule has 3 aromatic carbocycles. The smallest absolute Gasteiger partial charge is 0.305 e. The average Bonchev–Trinajstić information content (AvgIpc) is 1.74. The summed E-state index contributed by atoms with van der Waals surface area (Å²) >= 11 is 0.779. The minimum absolute atomic E-state index is 0.000831. The number of ketones is 1. The van der Waals surface area contributed by atoms with Crippen molar-refractivity contribution in [3.05, 3.63) is 120 Å². The van der Waals surface area contributed by atoms with Crippen LogP contribution in [0, 0.1) is 5.92 Å². The number of H-pyrrole nitrogens is 3. The van der Waals surface area contributed by atoms with Crippen LogP contribution in [0.5, 0.6) is 5.75 Å². The van der Waals surface area contributed by atoms with Gasteiger partial charge in [-0.25, -0.2) is 4.98 Å².